The molecule has 0 atom stereocenters. The molecule has 1 aliphatic rings. The average Bonchev–Trinajstić information content (AvgIpc) is 2.61. The van der Waals surface area contributed by atoms with Crippen LogP contribution in [0.1, 0.15) is 26.3 Å². The summed E-state index contributed by atoms with van der Waals surface area (Å²) >= 11 is 0. The number of rotatable bonds is 5. The molecule has 1 aromatic carbocycles. The van der Waals surface area contributed by atoms with Crippen molar-refractivity contribution in [2.24, 2.45) is 4.99 Å². The highest BCUT2D eigenvalue weighted by Crippen LogP contribution is 2.16. The maximum Gasteiger partial charge on any atom is 0.239 e. The van der Waals surface area contributed by atoms with Crippen LogP contribution < -0.4 is 20.9 Å². The summed E-state index contributed by atoms with van der Waals surface area (Å²) in [6, 6.07) is 8.49. The second-order valence-corrected chi connectivity index (χ2v) is 7.34. The van der Waals surface area contributed by atoms with E-state index in [1.807, 2.05) is 20.8 Å². The van der Waals surface area contributed by atoms with Crippen molar-refractivity contribution in [1.82, 2.24) is 16.0 Å². The van der Waals surface area contributed by atoms with E-state index in [1.54, 1.807) is 7.05 Å². The van der Waals surface area contributed by atoms with Crippen LogP contribution in [0.3, 0.4) is 0 Å². The van der Waals surface area contributed by atoms with Gasteiger partial charge in [-0.1, -0.05) is 12.1 Å². The van der Waals surface area contributed by atoms with Crippen LogP contribution in [-0.4, -0.2) is 57.3 Å². The Kier molecular flexibility index (Phi) is 7.26. The Morgan fingerprint density at radius 3 is 2.38 bits per heavy atom. The van der Waals surface area contributed by atoms with Crippen molar-refractivity contribution in [3.05, 3.63) is 29.8 Å². The normalized spacial score (nSPS) is 15.5. The van der Waals surface area contributed by atoms with Gasteiger partial charge in [-0.2, -0.15) is 0 Å². The molecule has 0 aromatic heterocycles. The van der Waals surface area contributed by atoms with Crippen molar-refractivity contribution in [3.8, 4) is 0 Å². The number of ether oxygens (including phenoxy) is 1. The van der Waals surface area contributed by atoms with Gasteiger partial charge < -0.3 is 25.6 Å². The quantitative estimate of drug-likeness (QED) is 0.541. The number of guanidine groups is 1. The van der Waals surface area contributed by atoms with Gasteiger partial charge in [0.05, 0.1) is 19.8 Å². The third kappa shape index (κ3) is 6.92. The molecule has 0 aliphatic carbocycles. The Hall–Kier alpha value is -2.28. The fourth-order valence-corrected chi connectivity index (χ4v) is 2.68. The van der Waals surface area contributed by atoms with Gasteiger partial charge in [-0.05, 0) is 38.5 Å². The topological polar surface area (TPSA) is 78.0 Å². The number of nitrogens with one attached hydrogen (secondary N) is 3. The number of benzene rings is 1. The molecule has 7 heteroatoms. The molecule has 0 bridgehead atoms. The molecule has 0 saturated carbocycles. The second kappa shape index (κ2) is 9.43. The lowest BCUT2D eigenvalue weighted by Gasteiger charge is -2.29. The summed E-state index contributed by atoms with van der Waals surface area (Å²) in [5.41, 5.74) is 2.14. The zero-order chi connectivity index (χ0) is 19.0. The summed E-state index contributed by atoms with van der Waals surface area (Å²) in [7, 11) is 1.69. The summed E-state index contributed by atoms with van der Waals surface area (Å²) in [4.78, 5) is 18.4. The predicted octanol–water partition coefficient (Wildman–Crippen LogP) is 1.10. The average molecular weight is 361 g/mol. The van der Waals surface area contributed by atoms with Crippen LogP contribution >= 0.6 is 0 Å². The van der Waals surface area contributed by atoms with E-state index in [0.29, 0.717) is 12.5 Å². The molecule has 1 aromatic rings. The number of amides is 1. The lowest BCUT2D eigenvalue weighted by Crippen LogP contribution is -2.48. The Morgan fingerprint density at radius 1 is 1.15 bits per heavy atom. The number of morpholine rings is 1. The van der Waals surface area contributed by atoms with Gasteiger partial charge in [0.1, 0.15) is 0 Å². The van der Waals surface area contributed by atoms with E-state index >= 15 is 0 Å². The molecule has 0 radical (unpaired) electrons. The highest BCUT2D eigenvalue weighted by atomic mass is 16.5. The molecule has 0 unspecified atom stereocenters. The van der Waals surface area contributed by atoms with Crippen molar-refractivity contribution in [3.63, 3.8) is 0 Å². The summed E-state index contributed by atoms with van der Waals surface area (Å²) in [6.45, 7) is 10.1. The smallest absolute Gasteiger partial charge is 0.239 e. The van der Waals surface area contributed by atoms with Crippen LogP contribution in [0.2, 0.25) is 0 Å². The fraction of sp³-hybridized carbons (Fsp3) is 0.579. The second-order valence-electron chi connectivity index (χ2n) is 7.34. The fourth-order valence-electron chi connectivity index (χ4n) is 2.68. The summed E-state index contributed by atoms with van der Waals surface area (Å²) in [5.74, 6) is 0.543. The zero-order valence-electron chi connectivity index (χ0n) is 16.3. The molecule has 1 aliphatic heterocycles. The van der Waals surface area contributed by atoms with Crippen molar-refractivity contribution in [1.29, 1.82) is 0 Å². The predicted molar refractivity (Wildman–Crippen MR) is 106 cm³/mol. The SMILES string of the molecule is CN=C(NCC(=O)NC(C)(C)C)NCc1ccc(N2CCOCC2)cc1. The van der Waals surface area contributed by atoms with E-state index < -0.39 is 0 Å². The van der Waals surface area contributed by atoms with Gasteiger partial charge in [0.25, 0.3) is 0 Å². The van der Waals surface area contributed by atoms with Gasteiger partial charge in [0.2, 0.25) is 5.91 Å². The van der Waals surface area contributed by atoms with Gasteiger partial charge in [-0.15, -0.1) is 0 Å². The third-order valence-electron chi connectivity index (χ3n) is 3.93. The van der Waals surface area contributed by atoms with Gasteiger partial charge in [0, 0.05) is 37.9 Å². The van der Waals surface area contributed by atoms with E-state index in [2.05, 4.69) is 50.1 Å². The Bertz CT molecular complexity index is 601. The number of anilines is 1. The molecule has 2 rings (SSSR count). The zero-order valence-corrected chi connectivity index (χ0v) is 16.3. The van der Waals surface area contributed by atoms with Crippen LogP contribution in [0.25, 0.3) is 0 Å². The van der Waals surface area contributed by atoms with E-state index in [1.165, 1.54) is 5.69 Å². The van der Waals surface area contributed by atoms with Crippen LogP contribution in [0, 0.1) is 0 Å². The maximum atomic E-state index is 11.9. The van der Waals surface area contributed by atoms with Crippen molar-refractivity contribution in [2.75, 3.05) is 44.8 Å². The Balaban J connectivity index is 1.78. The summed E-state index contributed by atoms with van der Waals surface area (Å²) in [6.07, 6.45) is 0. The first-order chi connectivity index (χ1) is 12.4. The monoisotopic (exact) mass is 361 g/mol. The molecule has 26 heavy (non-hydrogen) atoms. The van der Waals surface area contributed by atoms with Crippen LogP contribution in [-0.2, 0) is 16.1 Å². The first-order valence-electron chi connectivity index (χ1n) is 9.04. The molecular weight excluding hydrogens is 330 g/mol. The van der Waals surface area contributed by atoms with Crippen molar-refractivity contribution in [2.45, 2.75) is 32.9 Å². The van der Waals surface area contributed by atoms with Crippen LogP contribution in [0.15, 0.2) is 29.3 Å². The Morgan fingerprint density at radius 2 is 1.81 bits per heavy atom. The lowest BCUT2D eigenvalue weighted by atomic mass is 10.1. The lowest BCUT2D eigenvalue weighted by molar-refractivity contribution is -0.121. The third-order valence-corrected chi connectivity index (χ3v) is 3.93. The van der Waals surface area contributed by atoms with E-state index in [9.17, 15) is 4.79 Å². The summed E-state index contributed by atoms with van der Waals surface area (Å²) < 4.78 is 5.39. The van der Waals surface area contributed by atoms with Crippen LogP contribution in [0.5, 0.6) is 0 Å². The largest absolute Gasteiger partial charge is 0.378 e. The van der Waals surface area contributed by atoms with Gasteiger partial charge >= 0.3 is 0 Å². The Labute approximate surface area is 156 Å². The molecule has 1 fully saturated rings. The summed E-state index contributed by atoms with van der Waals surface area (Å²) in [5, 5.41) is 9.17. The van der Waals surface area contributed by atoms with E-state index in [4.69, 9.17) is 4.74 Å². The number of aliphatic imine (C=N–C) groups is 1. The van der Waals surface area contributed by atoms with Gasteiger partial charge in [-0.25, -0.2) is 0 Å². The van der Waals surface area contributed by atoms with Gasteiger partial charge in [0.15, 0.2) is 5.96 Å². The number of nitrogens with zero attached hydrogens (tertiary/aromatic N) is 2. The van der Waals surface area contributed by atoms with E-state index in [-0.39, 0.29) is 18.0 Å². The molecule has 1 heterocycles. The standard InChI is InChI=1S/C19H31N5O2/c1-19(2,3)23-17(25)14-22-18(20-4)21-13-15-5-7-16(8-6-15)24-9-11-26-12-10-24/h5-8H,9-14H2,1-4H3,(H,23,25)(H2,20,21,22). The number of hydrogen-bond acceptors (Lipinski definition) is 4. The van der Waals surface area contributed by atoms with Crippen LogP contribution in [0.4, 0.5) is 5.69 Å². The first-order valence-corrected chi connectivity index (χ1v) is 9.04. The maximum absolute atomic E-state index is 11.9. The number of carbonyl (C=O) groups is 1. The van der Waals surface area contributed by atoms with Crippen molar-refractivity contribution >= 4 is 17.6 Å². The number of carbonyl (C=O) groups excluding carboxylic acids is 1. The molecule has 1 saturated heterocycles. The molecule has 0 spiro atoms. The van der Waals surface area contributed by atoms with Crippen molar-refractivity contribution < 1.29 is 9.53 Å². The molecule has 144 valence electrons. The molecule has 1 amide bonds. The first kappa shape index (κ1) is 20.0. The minimum atomic E-state index is -0.238. The number of hydrogen-bond donors (Lipinski definition) is 3. The minimum Gasteiger partial charge on any atom is -0.378 e. The minimum absolute atomic E-state index is 0.0599. The van der Waals surface area contributed by atoms with Gasteiger partial charge in [-0.3, -0.25) is 9.79 Å². The highest BCUT2D eigenvalue weighted by Gasteiger charge is 2.14. The highest BCUT2D eigenvalue weighted by molar-refractivity contribution is 5.86. The molecular formula is C19H31N5O2. The molecule has 3 N–H and O–H groups in total. The molecule has 7 nitrogen and oxygen atoms in total. The van der Waals surface area contributed by atoms with E-state index in [0.717, 1.165) is 31.9 Å².